The molecule has 0 saturated heterocycles. The first-order valence-electron chi connectivity index (χ1n) is 6.52. The molecule has 0 spiro atoms. The average molecular weight is 275 g/mol. The number of nitrogens with one attached hydrogen (secondary N) is 1. The molecule has 100 valence electrons. The zero-order chi connectivity index (χ0) is 13.5. The third-order valence-corrected chi connectivity index (χ3v) is 3.38. The maximum absolute atomic E-state index is 5.88. The summed E-state index contributed by atoms with van der Waals surface area (Å²) in [5.41, 5.74) is 8.20. The largest absolute Gasteiger partial charge is 0.330 e. The average Bonchev–Trinajstić information content (AvgIpc) is 2.46. The van der Waals surface area contributed by atoms with E-state index in [0.29, 0.717) is 12.6 Å². The zero-order valence-electron chi connectivity index (χ0n) is 10.9. The highest BCUT2D eigenvalue weighted by molar-refractivity contribution is 6.30. The van der Waals surface area contributed by atoms with Gasteiger partial charge >= 0.3 is 0 Å². The highest BCUT2D eigenvalue weighted by atomic mass is 35.5. The molecule has 0 aromatic heterocycles. The lowest BCUT2D eigenvalue weighted by Crippen LogP contribution is -2.23. The molecule has 0 aliphatic carbocycles. The first-order chi connectivity index (χ1) is 9.29. The Kier molecular flexibility index (Phi) is 5.40. The maximum atomic E-state index is 5.88. The second-order valence-electron chi connectivity index (χ2n) is 4.55. The molecular formula is C16H19ClN2. The van der Waals surface area contributed by atoms with Gasteiger partial charge in [0.1, 0.15) is 0 Å². The van der Waals surface area contributed by atoms with Crippen molar-refractivity contribution in [2.24, 2.45) is 5.73 Å². The Balaban J connectivity index is 1.99. The molecule has 0 aliphatic heterocycles. The molecule has 0 radical (unpaired) electrons. The maximum Gasteiger partial charge on any atom is 0.0406 e. The van der Waals surface area contributed by atoms with Gasteiger partial charge in [-0.3, -0.25) is 0 Å². The molecule has 0 heterocycles. The SMILES string of the molecule is NCCC(NCc1ccc(Cl)cc1)c1ccccc1. The smallest absolute Gasteiger partial charge is 0.0406 e. The summed E-state index contributed by atoms with van der Waals surface area (Å²) in [6.07, 6.45) is 0.928. The van der Waals surface area contributed by atoms with Crippen LogP contribution in [-0.4, -0.2) is 6.54 Å². The number of hydrogen-bond acceptors (Lipinski definition) is 2. The summed E-state index contributed by atoms with van der Waals surface area (Å²) >= 11 is 5.88. The highest BCUT2D eigenvalue weighted by Gasteiger charge is 2.09. The van der Waals surface area contributed by atoms with E-state index in [0.717, 1.165) is 18.0 Å². The molecule has 1 atom stereocenters. The molecule has 1 unspecified atom stereocenters. The van der Waals surface area contributed by atoms with Crippen LogP contribution in [-0.2, 0) is 6.54 Å². The van der Waals surface area contributed by atoms with E-state index in [2.05, 4.69) is 29.6 Å². The Morgan fingerprint density at radius 1 is 1.00 bits per heavy atom. The summed E-state index contributed by atoms with van der Waals surface area (Å²) in [6, 6.07) is 18.6. The second kappa shape index (κ2) is 7.29. The number of halogens is 1. The zero-order valence-corrected chi connectivity index (χ0v) is 11.6. The molecule has 2 aromatic carbocycles. The predicted octanol–water partition coefficient (Wildman–Crippen LogP) is 3.52. The van der Waals surface area contributed by atoms with E-state index < -0.39 is 0 Å². The van der Waals surface area contributed by atoms with Crippen molar-refractivity contribution in [1.82, 2.24) is 5.32 Å². The van der Waals surface area contributed by atoms with Crippen LogP contribution in [0, 0.1) is 0 Å². The van der Waals surface area contributed by atoms with Crippen LogP contribution in [0.4, 0.5) is 0 Å². The molecule has 0 bridgehead atoms. The summed E-state index contributed by atoms with van der Waals surface area (Å²) in [5, 5.41) is 4.32. The van der Waals surface area contributed by atoms with E-state index in [9.17, 15) is 0 Å². The van der Waals surface area contributed by atoms with Gasteiger partial charge in [-0.05, 0) is 36.2 Å². The number of hydrogen-bond donors (Lipinski definition) is 2. The normalized spacial score (nSPS) is 12.3. The van der Waals surface area contributed by atoms with Crippen molar-refractivity contribution in [3.8, 4) is 0 Å². The van der Waals surface area contributed by atoms with Crippen molar-refractivity contribution in [2.45, 2.75) is 19.0 Å². The van der Waals surface area contributed by atoms with E-state index in [-0.39, 0.29) is 0 Å². The van der Waals surface area contributed by atoms with Crippen molar-refractivity contribution < 1.29 is 0 Å². The Morgan fingerprint density at radius 2 is 1.68 bits per heavy atom. The van der Waals surface area contributed by atoms with Gasteiger partial charge in [-0.2, -0.15) is 0 Å². The van der Waals surface area contributed by atoms with Crippen molar-refractivity contribution in [1.29, 1.82) is 0 Å². The molecule has 3 heteroatoms. The molecule has 0 amide bonds. The quantitative estimate of drug-likeness (QED) is 0.846. The fourth-order valence-corrected chi connectivity index (χ4v) is 2.21. The fraction of sp³-hybridized carbons (Fsp3) is 0.250. The van der Waals surface area contributed by atoms with Gasteiger partial charge in [-0.15, -0.1) is 0 Å². The first kappa shape index (κ1) is 14.1. The molecule has 0 saturated carbocycles. The van der Waals surface area contributed by atoms with Crippen molar-refractivity contribution in [2.75, 3.05) is 6.54 Å². The van der Waals surface area contributed by atoms with Gasteiger partial charge < -0.3 is 11.1 Å². The summed E-state index contributed by atoms with van der Waals surface area (Å²) in [6.45, 7) is 1.49. The molecule has 3 N–H and O–H groups in total. The monoisotopic (exact) mass is 274 g/mol. The molecule has 2 rings (SSSR count). The lowest BCUT2D eigenvalue weighted by atomic mass is 10.0. The van der Waals surface area contributed by atoms with Gasteiger partial charge in [0.05, 0.1) is 0 Å². The Labute approximate surface area is 119 Å². The minimum atomic E-state index is 0.293. The van der Waals surface area contributed by atoms with Crippen LogP contribution in [0.15, 0.2) is 54.6 Å². The van der Waals surface area contributed by atoms with Gasteiger partial charge in [0.2, 0.25) is 0 Å². The standard InChI is InChI=1S/C16H19ClN2/c17-15-8-6-13(7-9-15)12-19-16(10-11-18)14-4-2-1-3-5-14/h1-9,16,19H,10-12,18H2. The van der Waals surface area contributed by atoms with Crippen molar-refractivity contribution >= 4 is 11.6 Å². The van der Waals surface area contributed by atoms with E-state index in [1.807, 2.05) is 30.3 Å². The van der Waals surface area contributed by atoms with Gasteiger partial charge in [0.15, 0.2) is 0 Å². The molecule has 0 aliphatic rings. The topological polar surface area (TPSA) is 38.0 Å². The Morgan fingerprint density at radius 3 is 2.32 bits per heavy atom. The molecule has 2 nitrogen and oxygen atoms in total. The predicted molar refractivity (Wildman–Crippen MR) is 81.1 cm³/mol. The summed E-state index contributed by atoms with van der Waals surface area (Å²) in [4.78, 5) is 0. The molecule has 0 fully saturated rings. The van der Waals surface area contributed by atoms with Gasteiger partial charge in [-0.25, -0.2) is 0 Å². The van der Waals surface area contributed by atoms with E-state index in [1.165, 1.54) is 11.1 Å². The van der Waals surface area contributed by atoms with Gasteiger partial charge in [0.25, 0.3) is 0 Å². The van der Waals surface area contributed by atoms with Crippen LogP contribution in [0.25, 0.3) is 0 Å². The third-order valence-electron chi connectivity index (χ3n) is 3.12. The number of rotatable bonds is 6. The van der Waals surface area contributed by atoms with Crippen LogP contribution in [0.1, 0.15) is 23.6 Å². The summed E-state index contributed by atoms with van der Waals surface area (Å²) < 4.78 is 0. The lowest BCUT2D eigenvalue weighted by Gasteiger charge is -2.18. The van der Waals surface area contributed by atoms with E-state index >= 15 is 0 Å². The minimum Gasteiger partial charge on any atom is -0.330 e. The number of benzene rings is 2. The van der Waals surface area contributed by atoms with E-state index in [1.54, 1.807) is 0 Å². The molecule has 19 heavy (non-hydrogen) atoms. The molecule has 2 aromatic rings. The first-order valence-corrected chi connectivity index (χ1v) is 6.90. The van der Waals surface area contributed by atoms with E-state index in [4.69, 9.17) is 17.3 Å². The van der Waals surface area contributed by atoms with Crippen LogP contribution in [0.5, 0.6) is 0 Å². The highest BCUT2D eigenvalue weighted by Crippen LogP contribution is 2.17. The molecular weight excluding hydrogens is 256 g/mol. The van der Waals surface area contributed by atoms with Crippen LogP contribution in [0.2, 0.25) is 5.02 Å². The summed E-state index contributed by atoms with van der Waals surface area (Å²) in [5.74, 6) is 0. The number of nitrogens with two attached hydrogens (primary N) is 1. The second-order valence-corrected chi connectivity index (χ2v) is 4.98. The Hall–Kier alpha value is -1.35. The van der Waals surface area contributed by atoms with Gasteiger partial charge in [-0.1, -0.05) is 54.1 Å². The third kappa shape index (κ3) is 4.35. The fourth-order valence-electron chi connectivity index (χ4n) is 2.08. The van der Waals surface area contributed by atoms with Crippen LogP contribution >= 0.6 is 11.6 Å². The summed E-state index contributed by atoms with van der Waals surface area (Å²) in [7, 11) is 0. The lowest BCUT2D eigenvalue weighted by molar-refractivity contribution is 0.505. The minimum absolute atomic E-state index is 0.293. The van der Waals surface area contributed by atoms with Crippen LogP contribution < -0.4 is 11.1 Å². The van der Waals surface area contributed by atoms with Crippen molar-refractivity contribution in [3.63, 3.8) is 0 Å². The van der Waals surface area contributed by atoms with Crippen molar-refractivity contribution in [3.05, 3.63) is 70.7 Å². The van der Waals surface area contributed by atoms with Gasteiger partial charge in [0, 0.05) is 17.6 Å². The van der Waals surface area contributed by atoms with Crippen LogP contribution in [0.3, 0.4) is 0 Å². The Bertz CT molecular complexity index is 482.